The van der Waals surface area contributed by atoms with Crippen LogP contribution in [-0.2, 0) is 20.9 Å². The van der Waals surface area contributed by atoms with E-state index in [0.29, 0.717) is 23.7 Å². The average Bonchev–Trinajstić information content (AvgIpc) is 2.77. The molecular weight excluding hydrogens is 396 g/mol. The second kappa shape index (κ2) is 9.26. The first-order valence-corrected chi connectivity index (χ1v) is 9.62. The Balaban J connectivity index is 1.97. The molecule has 0 aliphatic carbocycles. The van der Waals surface area contributed by atoms with Crippen molar-refractivity contribution in [2.45, 2.75) is 26.4 Å². The van der Waals surface area contributed by atoms with Crippen LogP contribution in [0.3, 0.4) is 0 Å². The van der Waals surface area contributed by atoms with Gasteiger partial charge in [-0.25, -0.2) is 4.79 Å². The van der Waals surface area contributed by atoms with E-state index in [1.165, 1.54) is 19.8 Å². The van der Waals surface area contributed by atoms with Gasteiger partial charge in [-0.15, -0.1) is 0 Å². The van der Waals surface area contributed by atoms with Crippen LogP contribution in [0.25, 0.3) is 0 Å². The SMILES string of the molecule is COC(=O)C1=C(C)OC(N)=C(C#N)[C@@H]1c1ccc(OCc2ccc(C)cc2)c(OC)c1. The molecule has 7 heteroatoms. The number of esters is 1. The number of methoxy groups -OCH3 is 2. The second-order valence-electron chi connectivity index (χ2n) is 7.07. The fraction of sp³-hybridized carbons (Fsp3) is 0.250. The van der Waals surface area contributed by atoms with Crippen molar-refractivity contribution in [1.29, 1.82) is 5.26 Å². The van der Waals surface area contributed by atoms with Gasteiger partial charge in [-0.2, -0.15) is 5.26 Å². The molecule has 2 N–H and O–H groups in total. The first-order valence-electron chi connectivity index (χ1n) is 9.62. The van der Waals surface area contributed by atoms with Crippen LogP contribution in [0.15, 0.2) is 65.3 Å². The molecule has 0 bridgehead atoms. The molecule has 0 amide bonds. The highest BCUT2D eigenvalue weighted by atomic mass is 16.5. The molecule has 1 heterocycles. The number of nitriles is 1. The molecule has 1 aliphatic heterocycles. The monoisotopic (exact) mass is 420 g/mol. The second-order valence-corrected chi connectivity index (χ2v) is 7.07. The standard InChI is InChI=1S/C24H24N2O5/c1-14-5-7-16(8-6-14)13-30-19-10-9-17(11-20(19)28-3)22-18(12-25)23(26)31-15(2)21(22)24(27)29-4/h5-11,22H,13,26H2,1-4H3/t22-/m0/s1. The van der Waals surface area contributed by atoms with Gasteiger partial charge in [-0.3, -0.25) is 0 Å². The number of carbonyl (C=O) groups excluding carboxylic acids is 1. The summed E-state index contributed by atoms with van der Waals surface area (Å²) in [7, 11) is 2.80. The Morgan fingerprint density at radius 2 is 1.84 bits per heavy atom. The van der Waals surface area contributed by atoms with Crippen molar-refractivity contribution >= 4 is 5.97 Å². The Labute approximate surface area is 181 Å². The molecule has 2 aromatic carbocycles. The number of allylic oxidation sites excluding steroid dienone is 2. The fourth-order valence-electron chi connectivity index (χ4n) is 3.42. The minimum Gasteiger partial charge on any atom is -0.493 e. The smallest absolute Gasteiger partial charge is 0.338 e. The number of nitrogens with two attached hydrogens (primary N) is 1. The number of benzene rings is 2. The third-order valence-corrected chi connectivity index (χ3v) is 5.05. The van der Waals surface area contributed by atoms with E-state index in [1.807, 2.05) is 31.2 Å². The van der Waals surface area contributed by atoms with E-state index in [2.05, 4.69) is 6.07 Å². The maximum atomic E-state index is 12.4. The van der Waals surface area contributed by atoms with Crippen LogP contribution in [0.4, 0.5) is 0 Å². The van der Waals surface area contributed by atoms with Gasteiger partial charge in [0.15, 0.2) is 11.5 Å². The van der Waals surface area contributed by atoms with E-state index in [9.17, 15) is 10.1 Å². The maximum Gasteiger partial charge on any atom is 0.338 e. The van der Waals surface area contributed by atoms with Crippen molar-refractivity contribution in [2.75, 3.05) is 14.2 Å². The largest absolute Gasteiger partial charge is 0.493 e. The molecule has 0 spiro atoms. The molecule has 1 aliphatic rings. The fourth-order valence-corrected chi connectivity index (χ4v) is 3.42. The summed E-state index contributed by atoms with van der Waals surface area (Å²) in [5.41, 5.74) is 9.09. The molecule has 0 saturated carbocycles. The molecule has 7 nitrogen and oxygen atoms in total. The van der Waals surface area contributed by atoms with Gasteiger partial charge in [0.2, 0.25) is 5.88 Å². The molecule has 0 saturated heterocycles. The summed E-state index contributed by atoms with van der Waals surface area (Å²) in [4.78, 5) is 12.4. The van der Waals surface area contributed by atoms with Gasteiger partial charge >= 0.3 is 5.97 Å². The highest BCUT2D eigenvalue weighted by molar-refractivity contribution is 5.92. The zero-order valence-electron chi connectivity index (χ0n) is 17.9. The zero-order chi connectivity index (χ0) is 22.5. The van der Waals surface area contributed by atoms with Gasteiger partial charge in [0.25, 0.3) is 0 Å². The lowest BCUT2D eigenvalue weighted by Gasteiger charge is -2.27. The van der Waals surface area contributed by atoms with E-state index in [4.69, 9.17) is 24.7 Å². The van der Waals surface area contributed by atoms with Gasteiger partial charge in [-0.1, -0.05) is 35.9 Å². The first-order chi connectivity index (χ1) is 14.9. The number of rotatable bonds is 6. The highest BCUT2D eigenvalue weighted by Gasteiger charge is 2.36. The van der Waals surface area contributed by atoms with Gasteiger partial charge in [-0.05, 0) is 37.1 Å². The molecular formula is C24H24N2O5. The zero-order valence-corrected chi connectivity index (χ0v) is 17.9. The van der Waals surface area contributed by atoms with Crippen LogP contribution in [0.5, 0.6) is 11.5 Å². The number of carbonyl (C=O) groups is 1. The van der Waals surface area contributed by atoms with Crippen molar-refractivity contribution in [2.24, 2.45) is 5.73 Å². The Hall–Kier alpha value is -3.92. The Morgan fingerprint density at radius 1 is 1.13 bits per heavy atom. The summed E-state index contributed by atoms with van der Waals surface area (Å²) >= 11 is 0. The van der Waals surface area contributed by atoms with Gasteiger partial charge in [0.05, 0.1) is 25.7 Å². The lowest BCUT2D eigenvalue weighted by Crippen LogP contribution is -2.25. The number of aryl methyl sites for hydroxylation is 1. The molecule has 160 valence electrons. The predicted molar refractivity (Wildman–Crippen MR) is 114 cm³/mol. The Morgan fingerprint density at radius 3 is 2.45 bits per heavy atom. The summed E-state index contributed by atoms with van der Waals surface area (Å²) in [6.07, 6.45) is 0. The average molecular weight is 420 g/mol. The van der Waals surface area contributed by atoms with E-state index in [0.717, 1.165) is 5.56 Å². The minimum absolute atomic E-state index is 0.0451. The number of hydrogen-bond acceptors (Lipinski definition) is 7. The molecule has 1 atom stereocenters. The third kappa shape index (κ3) is 4.48. The van der Waals surface area contributed by atoms with Crippen LogP contribution in [-0.4, -0.2) is 20.2 Å². The van der Waals surface area contributed by atoms with Crippen molar-refractivity contribution in [3.63, 3.8) is 0 Å². The normalized spacial score (nSPS) is 15.8. The molecule has 0 fully saturated rings. The first kappa shape index (κ1) is 21.8. The number of hydrogen-bond donors (Lipinski definition) is 1. The number of ether oxygens (including phenoxy) is 4. The van der Waals surface area contributed by atoms with Crippen molar-refractivity contribution in [3.8, 4) is 17.6 Å². The topological polar surface area (TPSA) is 104 Å². The molecule has 31 heavy (non-hydrogen) atoms. The lowest BCUT2D eigenvalue weighted by molar-refractivity contribution is -0.136. The quantitative estimate of drug-likeness (QED) is 0.708. The molecule has 2 aromatic rings. The maximum absolute atomic E-state index is 12.4. The van der Waals surface area contributed by atoms with Gasteiger partial charge in [0.1, 0.15) is 24.0 Å². The third-order valence-electron chi connectivity index (χ3n) is 5.05. The molecule has 0 unspecified atom stereocenters. The summed E-state index contributed by atoms with van der Waals surface area (Å²) in [5, 5.41) is 9.66. The van der Waals surface area contributed by atoms with Crippen LogP contribution >= 0.6 is 0 Å². The van der Waals surface area contributed by atoms with Gasteiger partial charge in [0, 0.05) is 0 Å². The van der Waals surface area contributed by atoms with Crippen molar-refractivity contribution < 1.29 is 23.7 Å². The summed E-state index contributed by atoms with van der Waals surface area (Å²) in [6.45, 7) is 4.00. The lowest BCUT2D eigenvalue weighted by atomic mass is 9.83. The predicted octanol–water partition coefficient (Wildman–Crippen LogP) is 3.84. The van der Waals surface area contributed by atoms with E-state index in [-0.39, 0.29) is 22.8 Å². The van der Waals surface area contributed by atoms with E-state index >= 15 is 0 Å². The Bertz CT molecular complexity index is 1090. The van der Waals surface area contributed by atoms with Crippen LogP contribution < -0.4 is 15.2 Å². The van der Waals surface area contributed by atoms with E-state index in [1.54, 1.807) is 25.1 Å². The van der Waals surface area contributed by atoms with Crippen molar-refractivity contribution in [3.05, 3.63) is 81.9 Å². The molecule has 3 rings (SSSR count). The van der Waals surface area contributed by atoms with Crippen LogP contribution in [0.2, 0.25) is 0 Å². The Kier molecular flexibility index (Phi) is 6.51. The van der Waals surface area contributed by atoms with E-state index < -0.39 is 11.9 Å². The van der Waals surface area contributed by atoms with Gasteiger partial charge < -0.3 is 24.7 Å². The van der Waals surface area contributed by atoms with Crippen LogP contribution in [0, 0.1) is 18.3 Å². The highest BCUT2D eigenvalue weighted by Crippen LogP contribution is 2.42. The number of nitrogens with zero attached hydrogens (tertiary/aromatic N) is 1. The minimum atomic E-state index is -0.744. The summed E-state index contributed by atoms with van der Waals surface area (Å²) in [6, 6.07) is 15.3. The molecule has 0 radical (unpaired) electrons. The molecule has 0 aromatic heterocycles. The van der Waals surface area contributed by atoms with Crippen molar-refractivity contribution in [1.82, 2.24) is 0 Å². The van der Waals surface area contributed by atoms with Crippen LogP contribution in [0.1, 0.15) is 29.5 Å². The summed E-state index contributed by atoms with van der Waals surface area (Å²) in [5.74, 6) is -0.0977. The summed E-state index contributed by atoms with van der Waals surface area (Å²) < 4.78 is 21.8.